The van der Waals surface area contributed by atoms with Crippen LogP contribution in [0.15, 0.2) is 54.0 Å². The van der Waals surface area contributed by atoms with Gasteiger partial charge in [-0.3, -0.25) is 4.98 Å². The Labute approximate surface area is 116 Å². The molecule has 0 saturated carbocycles. The zero-order valence-electron chi connectivity index (χ0n) is 10.5. The van der Waals surface area contributed by atoms with Crippen LogP contribution in [0.25, 0.3) is 11.4 Å². The van der Waals surface area contributed by atoms with Crippen molar-refractivity contribution in [1.82, 2.24) is 9.97 Å². The molecular formula is C15H13N3S. The Hall–Kier alpha value is -2.20. The summed E-state index contributed by atoms with van der Waals surface area (Å²) >= 11 is 1.58. The van der Waals surface area contributed by atoms with Crippen LogP contribution >= 0.6 is 11.3 Å². The van der Waals surface area contributed by atoms with Gasteiger partial charge in [-0.05, 0) is 31.2 Å². The van der Waals surface area contributed by atoms with Gasteiger partial charge in [-0.1, -0.05) is 23.8 Å². The number of benzene rings is 1. The Morgan fingerprint density at radius 3 is 2.58 bits per heavy atom. The molecule has 1 aromatic carbocycles. The van der Waals surface area contributed by atoms with E-state index in [4.69, 9.17) is 0 Å². The molecule has 19 heavy (non-hydrogen) atoms. The average molecular weight is 267 g/mol. The fourth-order valence-corrected chi connectivity index (χ4v) is 2.45. The Morgan fingerprint density at radius 2 is 1.84 bits per heavy atom. The normalized spacial score (nSPS) is 10.4. The quantitative estimate of drug-likeness (QED) is 0.770. The first-order valence-electron chi connectivity index (χ1n) is 6.02. The summed E-state index contributed by atoms with van der Waals surface area (Å²) in [5.41, 5.74) is 4.10. The highest BCUT2D eigenvalue weighted by Gasteiger charge is 2.05. The molecule has 94 valence electrons. The standard InChI is InChI=1S/C15H13N3S/c1-11-5-7-12(8-6-11)17-15-18-14(10-19-15)13-4-2-3-9-16-13/h2-10H,1H3,(H,17,18). The van der Waals surface area contributed by atoms with Crippen LogP contribution in [0, 0.1) is 6.92 Å². The van der Waals surface area contributed by atoms with Crippen molar-refractivity contribution < 1.29 is 0 Å². The van der Waals surface area contributed by atoms with Crippen LogP contribution in [0.1, 0.15) is 5.56 Å². The largest absolute Gasteiger partial charge is 0.332 e. The molecule has 0 aliphatic rings. The summed E-state index contributed by atoms with van der Waals surface area (Å²) < 4.78 is 0. The third-order valence-electron chi connectivity index (χ3n) is 2.73. The van der Waals surface area contributed by atoms with E-state index in [-0.39, 0.29) is 0 Å². The number of aromatic nitrogens is 2. The molecule has 3 aromatic rings. The highest BCUT2D eigenvalue weighted by Crippen LogP contribution is 2.25. The lowest BCUT2D eigenvalue weighted by Gasteiger charge is -2.02. The van der Waals surface area contributed by atoms with E-state index in [0.29, 0.717) is 0 Å². The van der Waals surface area contributed by atoms with E-state index >= 15 is 0 Å². The first-order valence-corrected chi connectivity index (χ1v) is 6.90. The maximum atomic E-state index is 4.54. The number of aryl methyl sites for hydroxylation is 1. The average Bonchev–Trinajstić information content (AvgIpc) is 2.91. The molecule has 0 aliphatic heterocycles. The molecule has 0 radical (unpaired) electrons. The van der Waals surface area contributed by atoms with Crippen molar-refractivity contribution in [2.45, 2.75) is 6.92 Å². The predicted molar refractivity (Wildman–Crippen MR) is 79.8 cm³/mol. The number of hydrogen-bond acceptors (Lipinski definition) is 4. The molecule has 0 unspecified atom stereocenters. The van der Waals surface area contributed by atoms with E-state index in [9.17, 15) is 0 Å². The Bertz CT molecular complexity index is 659. The zero-order chi connectivity index (χ0) is 13.1. The van der Waals surface area contributed by atoms with Crippen molar-refractivity contribution in [2.24, 2.45) is 0 Å². The van der Waals surface area contributed by atoms with E-state index in [1.54, 1.807) is 17.5 Å². The molecule has 0 spiro atoms. The van der Waals surface area contributed by atoms with Crippen LogP contribution in [0.2, 0.25) is 0 Å². The van der Waals surface area contributed by atoms with Gasteiger partial charge in [-0.2, -0.15) is 0 Å². The van der Waals surface area contributed by atoms with Gasteiger partial charge in [0.05, 0.1) is 5.69 Å². The highest BCUT2D eigenvalue weighted by atomic mass is 32.1. The maximum Gasteiger partial charge on any atom is 0.187 e. The lowest BCUT2D eigenvalue weighted by Crippen LogP contribution is -1.89. The third-order valence-corrected chi connectivity index (χ3v) is 3.49. The lowest BCUT2D eigenvalue weighted by molar-refractivity contribution is 1.28. The van der Waals surface area contributed by atoms with Gasteiger partial charge in [-0.25, -0.2) is 4.98 Å². The van der Waals surface area contributed by atoms with Gasteiger partial charge >= 0.3 is 0 Å². The zero-order valence-corrected chi connectivity index (χ0v) is 11.3. The molecule has 0 amide bonds. The monoisotopic (exact) mass is 267 g/mol. The summed E-state index contributed by atoms with van der Waals surface area (Å²) in [6.07, 6.45) is 1.78. The molecule has 4 heteroatoms. The van der Waals surface area contributed by atoms with Crippen LogP contribution in [0.3, 0.4) is 0 Å². The Kier molecular flexibility index (Phi) is 3.25. The van der Waals surface area contributed by atoms with Gasteiger partial charge in [0.2, 0.25) is 0 Å². The van der Waals surface area contributed by atoms with Crippen molar-refractivity contribution in [1.29, 1.82) is 0 Å². The Balaban J connectivity index is 1.80. The molecule has 2 heterocycles. The van der Waals surface area contributed by atoms with Crippen LogP contribution < -0.4 is 5.32 Å². The number of hydrogen-bond donors (Lipinski definition) is 1. The molecule has 3 rings (SSSR count). The number of anilines is 2. The van der Waals surface area contributed by atoms with Crippen molar-refractivity contribution in [3.8, 4) is 11.4 Å². The number of rotatable bonds is 3. The first-order chi connectivity index (χ1) is 9.31. The first kappa shape index (κ1) is 11.9. The molecule has 3 nitrogen and oxygen atoms in total. The van der Waals surface area contributed by atoms with Crippen molar-refractivity contribution >= 4 is 22.2 Å². The second kappa shape index (κ2) is 5.20. The minimum Gasteiger partial charge on any atom is -0.332 e. The minimum atomic E-state index is 0.879. The van der Waals surface area contributed by atoms with Gasteiger partial charge in [-0.15, -0.1) is 11.3 Å². The Morgan fingerprint density at radius 1 is 1.00 bits per heavy atom. The predicted octanol–water partition coefficient (Wildman–Crippen LogP) is 4.26. The summed E-state index contributed by atoms with van der Waals surface area (Å²) in [6.45, 7) is 2.08. The summed E-state index contributed by atoms with van der Waals surface area (Å²) in [7, 11) is 0. The van der Waals surface area contributed by atoms with E-state index < -0.39 is 0 Å². The summed E-state index contributed by atoms with van der Waals surface area (Å²) in [5.74, 6) is 0. The van der Waals surface area contributed by atoms with Gasteiger partial charge in [0.25, 0.3) is 0 Å². The lowest BCUT2D eigenvalue weighted by atomic mass is 10.2. The van der Waals surface area contributed by atoms with Crippen LogP contribution in [0.5, 0.6) is 0 Å². The molecule has 1 N–H and O–H groups in total. The molecule has 0 aliphatic carbocycles. The molecule has 0 bridgehead atoms. The number of nitrogens with zero attached hydrogens (tertiary/aromatic N) is 2. The fraction of sp³-hybridized carbons (Fsp3) is 0.0667. The summed E-state index contributed by atoms with van der Waals surface area (Å²) in [4.78, 5) is 8.84. The smallest absolute Gasteiger partial charge is 0.187 e. The number of pyridine rings is 1. The van der Waals surface area contributed by atoms with E-state index in [2.05, 4.69) is 46.5 Å². The number of nitrogens with one attached hydrogen (secondary N) is 1. The van der Waals surface area contributed by atoms with Gasteiger partial charge in [0.15, 0.2) is 5.13 Å². The van der Waals surface area contributed by atoms with Crippen LogP contribution in [-0.2, 0) is 0 Å². The topological polar surface area (TPSA) is 37.8 Å². The second-order valence-corrected chi connectivity index (χ2v) is 5.10. The van der Waals surface area contributed by atoms with E-state index in [1.165, 1.54) is 5.56 Å². The van der Waals surface area contributed by atoms with Crippen molar-refractivity contribution in [2.75, 3.05) is 5.32 Å². The summed E-state index contributed by atoms with van der Waals surface area (Å²) in [5, 5.41) is 6.19. The van der Waals surface area contributed by atoms with Gasteiger partial charge < -0.3 is 5.32 Å². The van der Waals surface area contributed by atoms with Gasteiger partial charge in [0.1, 0.15) is 5.69 Å². The van der Waals surface area contributed by atoms with Crippen LogP contribution in [-0.4, -0.2) is 9.97 Å². The molecule has 0 atom stereocenters. The minimum absolute atomic E-state index is 0.879. The molecule has 0 saturated heterocycles. The molecule has 2 aromatic heterocycles. The second-order valence-electron chi connectivity index (χ2n) is 4.24. The molecular weight excluding hydrogens is 254 g/mol. The third kappa shape index (κ3) is 2.80. The van der Waals surface area contributed by atoms with E-state index in [0.717, 1.165) is 22.2 Å². The fourth-order valence-electron chi connectivity index (χ4n) is 1.72. The summed E-state index contributed by atoms with van der Waals surface area (Å²) in [6, 6.07) is 14.1. The van der Waals surface area contributed by atoms with E-state index in [1.807, 2.05) is 23.6 Å². The highest BCUT2D eigenvalue weighted by molar-refractivity contribution is 7.14. The van der Waals surface area contributed by atoms with Crippen LogP contribution in [0.4, 0.5) is 10.8 Å². The van der Waals surface area contributed by atoms with Gasteiger partial charge in [0, 0.05) is 17.3 Å². The van der Waals surface area contributed by atoms with Crippen molar-refractivity contribution in [3.63, 3.8) is 0 Å². The number of thiazole rings is 1. The maximum absolute atomic E-state index is 4.54. The van der Waals surface area contributed by atoms with Crippen molar-refractivity contribution in [3.05, 3.63) is 59.6 Å². The molecule has 0 fully saturated rings. The SMILES string of the molecule is Cc1ccc(Nc2nc(-c3ccccn3)cs2)cc1.